The Morgan fingerprint density at radius 2 is 2.12 bits per heavy atom. The topological polar surface area (TPSA) is 12.0 Å². The zero-order valence-corrected chi connectivity index (χ0v) is 12.4. The highest BCUT2D eigenvalue weighted by molar-refractivity contribution is 9.10. The standard InChI is InChI=1S/C15H20BrN/c1-4-6-7-15(17-8-5-2)13-9-12(3)10-14(16)11-13/h9-11,15,17H,5,7-8H2,1-3H3. The quantitative estimate of drug-likeness (QED) is 0.802. The van der Waals surface area contributed by atoms with Crippen molar-refractivity contribution in [2.75, 3.05) is 6.54 Å². The van der Waals surface area contributed by atoms with E-state index in [1.54, 1.807) is 0 Å². The highest BCUT2D eigenvalue weighted by atomic mass is 79.9. The van der Waals surface area contributed by atoms with Crippen LogP contribution in [0, 0.1) is 18.8 Å². The van der Waals surface area contributed by atoms with Gasteiger partial charge in [-0.2, -0.15) is 0 Å². The van der Waals surface area contributed by atoms with Crippen molar-refractivity contribution >= 4 is 15.9 Å². The Morgan fingerprint density at radius 1 is 1.35 bits per heavy atom. The van der Waals surface area contributed by atoms with E-state index in [1.165, 1.54) is 11.1 Å². The van der Waals surface area contributed by atoms with E-state index in [1.807, 2.05) is 6.92 Å². The summed E-state index contributed by atoms with van der Waals surface area (Å²) in [6.07, 6.45) is 2.01. The van der Waals surface area contributed by atoms with Gasteiger partial charge in [0.2, 0.25) is 0 Å². The van der Waals surface area contributed by atoms with Gasteiger partial charge in [0.25, 0.3) is 0 Å². The maximum atomic E-state index is 3.55. The molecule has 0 radical (unpaired) electrons. The molecule has 1 unspecified atom stereocenters. The third-order valence-electron chi connectivity index (χ3n) is 2.59. The summed E-state index contributed by atoms with van der Waals surface area (Å²) >= 11 is 3.55. The molecule has 0 spiro atoms. The van der Waals surface area contributed by atoms with Crippen LogP contribution in [0.25, 0.3) is 0 Å². The minimum atomic E-state index is 0.332. The number of nitrogens with one attached hydrogen (secondary N) is 1. The number of hydrogen-bond donors (Lipinski definition) is 1. The lowest BCUT2D eigenvalue weighted by atomic mass is 10.0. The molecule has 0 saturated heterocycles. The first-order valence-corrected chi connectivity index (χ1v) is 6.86. The Morgan fingerprint density at radius 3 is 2.71 bits per heavy atom. The summed E-state index contributed by atoms with van der Waals surface area (Å²) in [7, 11) is 0. The smallest absolute Gasteiger partial charge is 0.0431 e. The maximum Gasteiger partial charge on any atom is 0.0431 e. The second-order valence-corrected chi connectivity index (χ2v) is 5.12. The van der Waals surface area contributed by atoms with E-state index in [9.17, 15) is 0 Å². The fourth-order valence-electron chi connectivity index (χ4n) is 1.80. The van der Waals surface area contributed by atoms with E-state index < -0.39 is 0 Å². The molecule has 1 aromatic carbocycles. The molecule has 0 aliphatic rings. The van der Waals surface area contributed by atoms with Gasteiger partial charge in [-0.1, -0.05) is 28.9 Å². The molecule has 0 saturated carbocycles. The monoisotopic (exact) mass is 293 g/mol. The Hall–Kier alpha value is -0.780. The van der Waals surface area contributed by atoms with Crippen LogP contribution in [-0.2, 0) is 0 Å². The summed E-state index contributed by atoms with van der Waals surface area (Å²) in [5.74, 6) is 6.14. The van der Waals surface area contributed by atoms with Crippen LogP contribution in [0.4, 0.5) is 0 Å². The van der Waals surface area contributed by atoms with Gasteiger partial charge in [-0.05, 0) is 50.1 Å². The maximum absolute atomic E-state index is 3.55. The zero-order valence-electron chi connectivity index (χ0n) is 10.8. The molecule has 92 valence electrons. The first kappa shape index (κ1) is 14.3. The van der Waals surface area contributed by atoms with Gasteiger partial charge < -0.3 is 5.32 Å². The second kappa shape index (κ2) is 7.53. The molecule has 1 N–H and O–H groups in total. The molecule has 2 heteroatoms. The number of benzene rings is 1. The fourth-order valence-corrected chi connectivity index (χ4v) is 2.42. The summed E-state index contributed by atoms with van der Waals surface area (Å²) in [4.78, 5) is 0. The minimum Gasteiger partial charge on any atom is -0.309 e. The van der Waals surface area contributed by atoms with Crippen LogP contribution in [0.2, 0.25) is 0 Å². The average Bonchev–Trinajstić information content (AvgIpc) is 2.28. The van der Waals surface area contributed by atoms with Crippen LogP contribution in [-0.4, -0.2) is 6.54 Å². The number of aryl methyl sites for hydroxylation is 1. The molecule has 0 bridgehead atoms. The summed E-state index contributed by atoms with van der Waals surface area (Å²) < 4.78 is 1.14. The molecule has 1 atom stereocenters. The molecule has 0 fully saturated rings. The molecule has 0 heterocycles. The average molecular weight is 294 g/mol. The van der Waals surface area contributed by atoms with Crippen LogP contribution < -0.4 is 5.32 Å². The molecule has 0 aliphatic heterocycles. The van der Waals surface area contributed by atoms with Crippen LogP contribution >= 0.6 is 15.9 Å². The van der Waals surface area contributed by atoms with Crippen LogP contribution in [0.15, 0.2) is 22.7 Å². The molecule has 1 aromatic rings. The Bertz CT molecular complexity index is 394. The molecular weight excluding hydrogens is 274 g/mol. The largest absolute Gasteiger partial charge is 0.309 e. The van der Waals surface area contributed by atoms with Gasteiger partial charge in [-0.3, -0.25) is 0 Å². The lowest BCUT2D eigenvalue weighted by Gasteiger charge is -2.17. The second-order valence-electron chi connectivity index (χ2n) is 4.20. The van der Waals surface area contributed by atoms with Crippen LogP contribution in [0.5, 0.6) is 0 Å². The Balaban J connectivity index is 2.88. The predicted molar refractivity (Wildman–Crippen MR) is 78.0 cm³/mol. The molecule has 0 aliphatic carbocycles. The summed E-state index contributed by atoms with van der Waals surface area (Å²) in [6, 6.07) is 6.87. The molecule has 1 nitrogen and oxygen atoms in total. The number of rotatable bonds is 5. The molecular formula is C15H20BrN. The van der Waals surface area contributed by atoms with Crippen molar-refractivity contribution in [3.05, 3.63) is 33.8 Å². The van der Waals surface area contributed by atoms with E-state index in [0.29, 0.717) is 6.04 Å². The highest BCUT2D eigenvalue weighted by Crippen LogP contribution is 2.22. The van der Waals surface area contributed by atoms with Crippen molar-refractivity contribution < 1.29 is 0 Å². The molecule has 0 amide bonds. The third-order valence-corrected chi connectivity index (χ3v) is 3.05. The lowest BCUT2D eigenvalue weighted by Crippen LogP contribution is -2.21. The first-order valence-electron chi connectivity index (χ1n) is 6.07. The van der Waals surface area contributed by atoms with Crippen molar-refractivity contribution in [1.82, 2.24) is 5.32 Å². The van der Waals surface area contributed by atoms with Crippen molar-refractivity contribution in [2.24, 2.45) is 0 Å². The molecule has 17 heavy (non-hydrogen) atoms. The van der Waals surface area contributed by atoms with Gasteiger partial charge in [0, 0.05) is 16.9 Å². The summed E-state index contributed by atoms with van der Waals surface area (Å²) in [5, 5.41) is 3.55. The van der Waals surface area contributed by atoms with Crippen LogP contribution in [0.3, 0.4) is 0 Å². The van der Waals surface area contributed by atoms with E-state index in [2.05, 4.69) is 65.1 Å². The number of hydrogen-bond acceptors (Lipinski definition) is 1. The van der Waals surface area contributed by atoms with Gasteiger partial charge in [0.15, 0.2) is 0 Å². The predicted octanol–water partition coefficient (Wildman–Crippen LogP) is 4.21. The highest BCUT2D eigenvalue weighted by Gasteiger charge is 2.10. The number of halogens is 1. The van der Waals surface area contributed by atoms with Gasteiger partial charge in [0.1, 0.15) is 0 Å². The van der Waals surface area contributed by atoms with Gasteiger partial charge in [0.05, 0.1) is 0 Å². The summed E-state index contributed by atoms with van der Waals surface area (Å²) in [6.45, 7) is 7.23. The van der Waals surface area contributed by atoms with Gasteiger partial charge >= 0.3 is 0 Å². The Labute approximate surface area is 113 Å². The Kier molecular flexibility index (Phi) is 6.32. The normalized spacial score (nSPS) is 11.8. The fraction of sp³-hybridized carbons (Fsp3) is 0.467. The SMILES string of the molecule is CC#CCC(NCCC)c1cc(C)cc(Br)c1. The van der Waals surface area contributed by atoms with E-state index in [4.69, 9.17) is 0 Å². The lowest BCUT2D eigenvalue weighted by molar-refractivity contribution is 0.542. The molecule has 0 aromatic heterocycles. The van der Waals surface area contributed by atoms with Crippen molar-refractivity contribution in [3.8, 4) is 11.8 Å². The third kappa shape index (κ3) is 4.93. The van der Waals surface area contributed by atoms with Crippen molar-refractivity contribution in [1.29, 1.82) is 0 Å². The summed E-state index contributed by atoms with van der Waals surface area (Å²) in [5.41, 5.74) is 2.59. The van der Waals surface area contributed by atoms with E-state index >= 15 is 0 Å². The van der Waals surface area contributed by atoms with E-state index in [-0.39, 0.29) is 0 Å². The van der Waals surface area contributed by atoms with Crippen molar-refractivity contribution in [2.45, 2.75) is 39.7 Å². The van der Waals surface area contributed by atoms with E-state index in [0.717, 1.165) is 23.9 Å². The minimum absolute atomic E-state index is 0.332. The van der Waals surface area contributed by atoms with Crippen molar-refractivity contribution in [3.63, 3.8) is 0 Å². The zero-order chi connectivity index (χ0) is 12.7. The van der Waals surface area contributed by atoms with Gasteiger partial charge in [-0.25, -0.2) is 0 Å². The van der Waals surface area contributed by atoms with Gasteiger partial charge in [-0.15, -0.1) is 11.8 Å². The van der Waals surface area contributed by atoms with Crippen LogP contribution in [0.1, 0.15) is 43.9 Å². The first-order chi connectivity index (χ1) is 8.17. The molecule has 1 rings (SSSR count).